The second kappa shape index (κ2) is 10.8. The Labute approximate surface area is 175 Å². The van der Waals surface area contributed by atoms with Crippen LogP contribution in [0.15, 0.2) is 47.4 Å². The number of hydrogen-bond acceptors (Lipinski definition) is 5. The minimum absolute atomic E-state index is 0. The molecule has 0 aliphatic heterocycles. The standard InChI is InChI=1S/C20H25N3O3S.ClH/c1-4-27-17-11-14(7-10-16(17)26-12(2)3)18(20(24)25)23-15-8-5-13(6-9-15)19(21)22;/h5-12,18,23H,4H2,1-3H3,(H3,21,22)(H,24,25);1H. The summed E-state index contributed by atoms with van der Waals surface area (Å²) in [6.07, 6.45) is 0.0419. The number of amidine groups is 1. The smallest absolute Gasteiger partial charge is 0.330 e. The zero-order valence-corrected chi connectivity index (χ0v) is 17.7. The maximum Gasteiger partial charge on any atom is 0.330 e. The fourth-order valence-electron chi connectivity index (χ4n) is 2.52. The molecular formula is C20H26ClN3O3S. The molecule has 0 aliphatic rings. The van der Waals surface area contributed by atoms with Crippen molar-refractivity contribution in [3.05, 3.63) is 53.6 Å². The third-order valence-electron chi connectivity index (χ3n) is 3.72. The maximum absolute atomic E-state index is 11.9. The van der Waals surface area contributed by atoms with Gasteiger partial charge in [-0.05, 0) is 61.6 Å². The number of carboxylic acids is 1. The Hall–Kier alpha value is -2.38. The van der Waals surface area contributed by atoms with E-state index < -0.39 is 12.0 Å². The van der Waals surface area contributed by atoms with Gasteiger partial charge in [0.05, 0.1) is 6.10 Å². The van der Waals surface area contributed by atoms with Gasteiger partial charge in [-0.1, -0.05) is 13.0 Å². The Balaban J connectivity index is 0.00000392. The van der Waals surface area contributed by atoms with Crippen molar-refractivity contribution in [2.45, 2.75) is 37.8 Å². The number of nitrogens with one attached hydrogen (secondary N) is 2. The third kappa shape index (κ3) is 6.35. The molecule has 0 aromatic heterocycles. The highest BCUT2D eigenvalue weighted by Gasteiger charge is 2.21. The molecule has 1 atom stereocenters. The topological polar surface area (TPSA) is 108 Å². The summed E-state index contributed by atoms with van der Waals surface area (Å²) in [5.74, 6) is 0.611. The number of halogens is 1. The summed E-state index contributed by atoms with van der Waals surface area (Å²) in [5.41, 5.74) is 7.32. The predicted octanol–water partition coefficient (Wildman–Crippen LogP) is 4.53. The van der Waals surface area contributed by atoms with E-state index >= 15 is 0 Å². The quantitative estimate of drug-likeness (QED) is 0.268. The first-order chi connectivity index (χ1) is 12.8. The summed E-state index contributed by atoms with van der Waals surface area (Å²) < 4.78 is 5.83. The summed E-state index contributed by atoms with van der Waals surface area (Å²) in [6, 6.07) is 11.3. The van der Waals surface area contributed by atoms with Crippen LogP contribution >= 0.6 is 24.2 Å². The van der Waals surface area contributed by atoms with Gasteiger partial charge in [0.25, 0.3) is 0 Å². The summed E-state index contributed by atoms with van der Waals surface area (Å²) in [4.78, 5) is 12.8. The van der Waals surface area contributed by atoms with Crippen LogP contribution < -0.4 is 15.8 Å². The highest BCUT2D eigenvalue weighted by molar-refractivity contribution is 7.99. The molecule has 2 rings (SSSR count). The van der Waals surface area contributed by atoms with E-state index in [2.05, 4.69) is 5.32 Å². The average Bonchev–Trinajstić information content (AvgIpc) is 2.61. The molecule has 0 saturated heterocycles. The number of ether oxygens (including phenoxy) is 1. The highest BCUT2D eigenvalue weighted by atomic mass is 35.5. The van der Waals surface area contributed by atoms with Gasteiger partial charge >= 0.3 is 5.97 Å². The molecule has 0 radical (unpaired) electrons. The van der Waals surface area contributed by atoms with Crippen LogP contribution in [0.2, 0.25) is 0 Å². The first-order valence-corrected chi connectivity index (χ1v) is 9.67. The van der Waals surface area contributed by atoms with Gasteiger partial charge < -0.3 is 20.9 Å². The molecule has 0 fully saturated rings. The lowest BCUT2D eigenvalue weighted by atomic mass is 10.1. The molecule has 28 heavy (non-hydrogen) atoms. The van der Waals surface area contributed by atoms with Gasteiger partial charge in [0.1, 0.15) is 11.6 Å². The molecule has 0 heterocycles. The van der Waals surface area contributed by atoms with Crippen LogP contribution in [0.25, 0.3) is 0 Å². The molecule has 8 heteroatoms. The fourth-order valence-corrected chi connectivity index (χ4v) is 3.31. The van der Waals surface area contributed by atoms with Crippen molar-refractivity contribution in [1.82, 2.24) is 0 Å². The van der Waals surface area contributed by atoms with Crippen molar-refractivity contribution < 1.29 is 14.6 Å². The summed E-state index contributed by atoms with van der Waals surface area (Å²) in [5, 5.41) is 20.2. The molecule has 152 valence electrons. The second-order valence-corrected chi connectivity index (χ2v) is 7.52. The van der Waals surface area contributed by atoms with Crippen LogP contribution in [0, 0.1) is 5.41 Å². The maximum atomic E-state index is 11.9. The number of benzene rings is 2. The van der Waals surface area contributed by atoms with Crippen LogP contribution in [0.5, 0.6) is 5.75 Å². The Morgan fingerprint density at radius 2 is 1.89 bits per heavy atom. The molecule has 1 unspecified atom stereocenters. The van der Waals surface area contributed by atoms with E-state index in [4.69, 9.17) is 15.9 Å². The van der Waals surface area contributed by atoms with Crippen LogP contribution in [0.1, 0.15) is 37.9 Å². The van der Waals surface area contributed by atoms with Gasteiger partial charge in [-0.2, -0.15) is 0 Å². The second-order valence-electron chi connectivity index (χ2n) is 6.21. The number of carboxylic acid groups (broad SMARTS) is 1. The van der Waals surface area contributed by atoms with Gasteiger partial charge in [-0.3, -0.25) is 5.41 Å². The number of rotatable bonds is 9. The Bertz CT molecular complexity index is 813. The van der Waals surface area contributed by atoms with E-state index in [1.807, 2.05) is 32.9 Å². The monoisotopic (exact) mass is 423 g/mol. The Morgan fingerprint density at radius 1 is 1.25 bits per heavy atom. The summed E-state index contributed by atoms with van der Waals surface area (Å²) in [6.45, 7) is 5.96. The molecule has 0 saturated carbocycles. The van der Waals surface area contributed by atoms with Crippen LogP contribution in [0.4, 0.5) is 5.69 Å². The first-order valence-electron chi connectivity index (χ1n) is 8.69. The van der Waals surface area contributed by atoms with E-state index in [-0.39, 0.29) is 24.3 Å². The lowest BCUT2D eigenvalue weighted by Crippen LogP contribution is -2.21. The molecule has 0 aliphatic carbocycles. The lowest BCUT2D eigenvalue weighted by Gasteiger charge is -2.19. The lowest BCUT2D eigenvalue weighted by molar-refractivity contribution is -0.138. The number of anilines is 1. The third-order valence-corrected chi connectivity index (χ3v) is 4.64. The molecule has 0 amide bonds. The van der Waals surface area contributed by atoms with Gasteiger partial charge in [0.15, 0.2) is 6.04 Å². The minimum Gasteiger partial charge on any atom is -0.490 e. The van der Waals surface area contributed by atoms with Crippen LogP contribution in [0.3, 0.4) is 0 Å². The normalized spacial score (nSPS) is 11.4. The van der Waals surface area contributed by atoms with Gasteiger partial charge in [0.2, 0.25) is 0 Å². The van der Waals surface area contributed by atoms with Crippen LogP contribution in [-0.2, 0) is 4.79 Å². The minimum atomic E-state index is -0.976. The molecule has 2 aromatic rings. The van der Waals surface area contributed by atoms with E-state index in [9.17, 15) is 9.90 Å². The molecular weight excluding hydrogens is 398 g/mol. The Morgan fingerprint density at radius 3 is 2.39 bits per heavy atom. The van der Waals surface area contributed by atoms with Gasteiger partial charge in [-0.15, -0.1) is 24.2 Å². The van der Waals surface area contributed by atoms with Crippen molar-refractivity contribution in [3.8, 4) is 5.75 Å². The number of carbonyl (C=O) groups is 1. The number of nitrogens with two attached hydrogens (primary N) is 1. The highest BCUT2D eigenvalue weighted by Crippen LogP contribution is 2.33. The van der Waals surface area contributed by atoms with Crippen LogP contribution in [-0.4, -0.2) is 28.8 Å². The van der Waals surface area contributed by atoms with E-state index in [1.54, 1.807) is 42.1 Å². The molecule has 6 nitrogen and oxygen atoms in total. The molecule has 5 N–H and O–H groups in total. The van der Waals surface area contributed by atoms with Gasteiger partial charge in [0, 0.05) is 16.1 Å². The van der Waals surface area contributed by atoms with Crippen molar-refractivity contribution in [3.63, 3.8) is 0 Å². The summed E-state index contributed by atoms with van der Waals surface area (Å²) >= 11 is 1.62. The fraction of sp³-hybridized carbons (Fsp3) is 0.300. The number of aliphatic carboxylic acids is 1. The van der Waals surface area contributed by atoms with E-state index in [0.29, 0.717) is 16.8 Å². The molecule has 0 bridgehead atoms. The zero-order valence-electron chi connectivity index (χ0n) is 16.1. The molecule has 0 spiro atoms. The van der Waals surface area contributed by atoms with Gasteiger partial charge in [-0.25, -0.2) is 4.79 Å². The SMILES string of the molecule is CCSc1cc(C(Nc2ccc(C(=N)N)cc2)C(=O)O)ccc1OC(C)C.Cl. The number of nitrogen functional groups attached to an aromatic ring is 1. The predicted molar refractivity (Wildman–Crippen MR) is 117 cm³/mol. The number of hydrogen-bond donors (Lipinski definition) is 4. The average molecular weight is 424 g/mol. The Kier molecular flexibility index (Phi) is 9.15. The summed E-state index contributed by atoms with van der Waals surface area (Å²) in [7, 11) is 0. The number of thioether (sulfide) groups is 1. The van der Waals surface area contributed by atoms with Crippen molar-refractivity contribution in [2.75, 3.05) is 11.1 Å². The first kappa shape index (κ1) is 23.7. The van der Waals surface area contributed by atoms with Crippen molar-refractivity contribution in [1.29, 1.82) is 5.41 Å². The zero-order chi connectivity index (χ0) is 20.0. The van der Waals surface area contributed by atoms with E-state index in [1.165, 1.54) is 0 Å². The van der Waals surface area contributed by atoms with E-state index in [0.717, 1.165) is 16.4 Å². The largest absolute Gasteiger partial charge is 0.490 e. The molecule has 2 aromatic carbocycles. The van der Waals surface area contributed by atoms with Crippen molar-refractivity contribution >= 4 is 41.7 Å². The van der Waals surface area contributed by atoms with Crippen molar-refractivity contribution in [2.24, 2.45) is 5.73 Å².